The van der Waals surface area contributed by atoms with Gasteiger partial charge < -0.3 is 5.11 Å². The molecule has 0 aliphatic heterocycles. The van der Waals surface area contributed by atoms with Gasteiger partial charge in [-0.15, -0.1) is 0 Å². The van der Waals surface area contributed by atoms with Crippen molar-refractivity contribution in [2.24, 2.45) is 0 Å². The molecule has 0 aromatic heterocycles. The van der Waals surface area contributed by atoms with Crippen LogP contribution in [0.1, 0.15) is 12.0 Å². The summed E-state index contributed by atoms with van der Waals surface area (Å²) in [6.07, 6.45) is 3.51. The van der Waals surface area contributed by atoms with Crippen LogP contribution in [0, 0.1) is 0 Å². The second-order valence-corrected chi connectivity index (χ2v) is 6.63. The summed E-state index contributed by atoms with van der Waals surface area (Å²) in [5.74, 6) is -0.599. The molecule has 0 spiro atoms. The fraction of sp³-hybridized carbons (Fsp3) is 0.308. The third-order valence-electron chi connectivity index (χ3n) is 2.45. The van der Waals surface area contributed by atoms with Gasteiger partial charge in [-0.3, -0.25) is 4.79 Å². The predicted molar refractivity (Wildman–Crippen MR) is 82.0 cm³/mol. The second kappa shape index (κ2) is 8.08. The van der Waals surface area contributed by atoms with Gasteiger partial charge in [-0.25, -0.2) is 8.42 Å². The van der Waals surface area contributed by atoms with Gasteiger partial charge in [-0.05, 0) is 30.1 Å². The standard InChI is InChI=1S/C13H17NO4S2/c1-19-9-7-12(13(15)16)14-20(17,18)10-8-11-5-3-2-4-6-11/h2-6,8,10,12,14H,7,9H2,1H3,(H,15,16)/b10-8+/t12-/m1/s1. The van der Waals surface area contributed by atoms with E-state index in [1.54, 1.807) is 24.3 Å². The summed E-state index contributed by atoms with van der Waals surface area (Å²) in [5, 5.41) is 9.97. The van der Waals surface area contributed by atoms with Gasteiger partial charge in [-0.1, -0.05) is 30.3 Å². The number of hydrogen-bond donors (Lipinski definition) is 2. The number of nitrogens with one attached hydrogen (secondary N) is 1. The maximum atomic E-state index is 11.8. The van der Waals surface area contributed by atoms with E-state index in [4.69, 9.17) is 5.11 Å². The third-order valence-corrected chi connectivity index (χ3v) is 4.21. The SMILES string of the molecule is CSCC[C@@H](NS(=O)(=O)/C=C/c1ccccc1)C(=O)O. The third kappa shape index (κ3) is 6.23. The topological polar surface area (TPSA) is 83.5 Å². The average Bonchev–Trinajstić information content (AvgIpc) is 2.42. The Labute approximate surface area is 123 Å². The molecule has 0 fully saturated rings. The molecule has 1 rings (SSSR count). The molecule has 0 radical (unpaired) electrons. The lowest BCUT2D eigenvalue weighted by Crippen LogP contribution is -2.40. The fourth-order valence-corrected chi connectivity index (χ4v) is 2.94. The Morgan fingerprint density at radius 1 is 1.40 bits per heavy atom. The van der Waals surface area contributed by atoms with E-state index in [9.17, 15) is 13.2 Å². The van der Waals surface area contributed by atoms with Crippen molar-refractivity contribution in [3.63, 3.8) is 0 Å². The van der Waals surface area contributed by atoms with E-state index in [1.165, 1.54) is 17.8 Å². The van der Waals surface area contributed by atoms with Gasteiger partial charge in [-0.2, -0.15) is 16.5 Å². The highest BCUT2D eigenvalue weighted by atomic mass is 32.2. The number of sulfonamides is 1. The Kier molecular flexibility index (Phi) is 6.77. The lowest BCUT2D eigenvalue weighted by Gasteiger charge is -2.12. The molecule has 0 saturated heterocycles. The molecule has 0 aliphatic rings. The summed E-state index contributed by atoms with van der Waals surface area (Å²) in [5.41, 5.74) is 0.730. The van der Waals surface area contributed by atoms with E-state index < -0.39 is 22.0 Å². The van der Waals surface area contributed by atoms with Crippen LogP contribution in [0.2, 0.25) is 0 Å². The Hall–Kier alpha value is -1.31. The summed E-state index contributed by atoms with van der Waals surface area (Å²) in [7, 11) is -3.78. The molecule has 7 heteroatoms. The zero-order chi connectivity index (χ0) is 15.0. The molecule has 110 valence electrons. The number of carboxylic acids is 1. The molecule has 1 aromatic rings. The molecule has 5 nitrogen and oxygen atoms in total. The van der Waals surface area contributed by atoms with Crippen molar-refractivity contribution in [3.05, 3.63) is 41.3 Å². The quantitative estimate of drug-likeness (QED) is 0.764. The predicted octanol–water partition coefficient (Wildman–Crippen LogP) is 1.78. The summed E-state index contributed by atoms with van der Waals surface area (Å²) < 4.78 is 25.8. The average molecular weight is 315 g/mol. The monoisotopic (exact) mass is 315 g/mol. The van der Waals surface area contributed by atoms with E-state index in [0.717, 1.165) is 11.0 Å². The number of hydrogen-bond acceptors (Lipinski definition) is 4. The van der Waals surface area contributed by atoms with Crippen LogP contribution in [-0.4, -0.2) is 37.5 Å². The van der Waals surface area contributed by atoms with Crippen molar-refractivity contribution >= 4 is 33.8 Å². The Morgan fingerprint density at radius 2 is 2.05 bits per heavy atom. The number of thioether (sulfide) groups is 1. The molecular formula is C13H17NO4S2. The highest BCUT2D eigenvalue weighted by Crippen LogP contribution is 2.06. The maximum absolute atomic E-state index is 11.8. The number of carboxylic acid groups (broad SMARTS) is 1. The first-order valence-corrected chi connectivity index (χ1v) is 8.86. The highest BCUT2D eigenvalue weighted by molar-refractivity contribution is 7.98. The summed E-state index contributed by atoms with van der Waals surface area (Å²) >= 11 is 1.47. The Balaban J connectivity index is 2.72. The molecule has 0 bridgehead atoms. The van der Waals surface area contributed by atoms with Crippen LogP contribution < -0.4 is 4.72 Å². The molecule has 0 aliphatic carbocycles. The fourth-order valence-electron chi connectivity index (χ4n) is 1.44. The summed E-state index contributed by atoms with van der Waals surface area (Å²) in [6.45, 7) is 0. The maximum Gasteiger partial charge on any atom is 0.321 e. The molecule has 1 atom stereocenters. The second-order valence-electron chi connectivity index (χ2n) is 4.05. The first kappa shape index (κ1) is 16.7. The van der Waals surface area contributed by atoms with Crippen molar-refractivity contribution in [1.82, 2.24) is 4.72 Å². The summed E-state index contributed by atoms with van der Waals surface area (Å²) in [4.78, 5) is 11.0. The molecule has 0 heterocycles. The van der Waals surface area contributed by atoms with Crippen LogP contribution in [0.15, 0.2) is 35.7 Å². The highest BCUT2D eigenvalue weighted by Gasteiger charge is 2.21. The van der Waals surface area contributed by atoms with Crippen LogP contribution in [0.3, 0.4) is 0 Å². The van der Waals surface area contributed by atoms with Crippen LogP contribution in [0.25, 0.3) is 6.08 Å². The van der Waals surface area contributed by atoms with Gasteiger partial charge in [0.15, 0.2) is 0 Å². The lowest BCUT2D eigenvalue weighted by molar-refractivity contribution is -0.139. The minimum atomic E-state index is -3.78. The van der Waals surface area contributed by atoms with Gasteiger partial charge in [0.2, 0.25) is 10.0 Å². The normalized spacial score (nSPS) is 13.4. The molecule has 0 unspecified atom stereocenters. The van der Waals surface area contributed by atoms with Crippen molar-refractivity contribution in [1.29, 1.82) is 0 Å². The van der Waals surface area contributed by atoms with E-state index in [-0.39, 0.29) is 6.42 Å². The van der Waals surface area contributed by atoms with Gasteiger partial charge in [0.25, 0.3) is 0 Å². The molecular weight excluding hydrogens is 298 g/mol. The van der Waals surface area contributed by atoms with E-state index in [2.05, 4.69) is 4.72 Å². The first-order valence-electron chi connectivity index (χ1n) is 5.92. The van der Waals surface area contributed by atoms with Crippen molar-refractivity contribution in [3.8, 4) is 0 Å². The van der Waals surface area contributed by atoms with E-state index >= 15 is 0 Å². The van der Waals surface area contributed by atoms with Crippen LogP contribution >= 0.6 is 11.8 Å². The first-order chi connectivity index (χ1) is 9.44. The van der Waals surface area contributed by atoms with Crippen molar-refractivity contribution in [2.75, 3.05) is 12.0 Å². The minimum absolute atomic E-state index is 0.245. The zero-order valence-corrected chi connectivity index (χ0v) is 12.7. The smallest absolute Gasteiger partial charge is 0.321 e. The largest absolute Gasteiger partial charge is 0.480 e. The molecule has 2 N–H and O–H groups in total. The van der Waals surface area contributed by atoms with Gasteiger partial charge in [0, 0.05) is 5.41 Å². The van der Waals surface area contributed by atoms with E-state index in [0.29, 0.717) is 5.75 Å². The summed E-state index contributed by atoms with van der Waals surface area (Å²) in [6, 6.07) is 7.82. The molecule has 1 aromatic carbocycles. The zero-order valence-electron chi connectivity index (χ0n) is 11.0. The number of benzene rings is 1. The minimum Gasteiger partial charge on any atom is -0.480 e. The van der Waals surface area contributed by atoms with E-state index in [1.807, 2.05) is 12.3 Å². The molecule has 20 heavy (non-hydrogen) atoms. The lowest BCUT2D eigenvalue weighted by atomic mass is 10.2. The molecule has 0 saturated carbocycles. The van der Waals surface area contributed by atoms with Crippen molar-refractivity contribution in [2.45, 2.75) is 12.5 Å². The van der Waals surface area contributed by atoms with Gasteiger partial charge >= 0.3 is 5.97 Å². The van der Waals surface area contributed by atoms with Crippen LogP contribution in [0.4, 0.5) is 0 Å². The molecule has 0 amide bonds. The van der Waals surface area contributed by atoms with Gasteiger partial charge in [0.1, 0.15) is 6.04 Å². The van der Waals surface area contributed by atoms with Gasteiger partial charge in [0.05, 0.1) is 0 Å². The van der Waals surface area contributed by atoms with Crippen LogP contribution in [0.5, 0.6) is 0 Å². The van der Waals surface area contributed by atoms with Crippen LogP contribution in [-0.2, 0) is 14.8 Å². The Bertz CT molecular complexity index is 555. The van der Waals surface area contributed by atoms with Crippen molar-refractivity contribution < 1.29 is 18.3 Å². The number of carbonyl (C=O) groups is 1. The number of rotatable bonds is 8. The number of aliphatic carboxylic acids is 1. The Morgan fingerprint density at radius 3 is 2.60 bits per heavy atom.